The largest absolute Gasteiger partial charge is 0.459 e. The van der Waals surface area contributed by atoms with Gasteiger partial charge in [-0.3, -0.25) is 9.59 Å². The van der Waals surface area contributed by atoms with Gasteiger partial charge in [-0.25, -0.2) is 9.07 Å². The summed E-state index contributed by atoms with van der Waals surface area (Å²) in [6, 6.07) is 18.6. The van der Waals surface area contributed by atoms with E-state index in [-0.39, 0.29) is 30.6 Å². The van der Waals surface area contributed by atoms with Gasteiger partial charge in [-0.15, -0.1) is 0 Å². The molecule has 2 amide bonds. The summed E-state index contributed by atoms with van der Waals surface area (Å²) in [7, 11) is 0. The smallest absolute Gasteiger partial charge is 0.287 e. The van der Waals surface area contributed by atoms with Crippen LogP contribution in [-0.2, 0) is 11.3 Å². The van der Waals surface area contributed by atoms with Crippen LogP contribution in [-0.4, -0.2) is 28.1 Å². The molecule has 31 heavy (non-hydrogen) atoms. The van der Waals surface area contributed by atoms with E-state index in [1.807, 2.05) is 36.5 Å². The van der Waals surface area contributed by atoms with Gasteiger partial charge in [0.05, 0.1) is 24.2 Å². The van der Waals surface area contributed by atoms with Crippen LogP contribution in [0, 0.1) is 5.82 Å². The van der Waals surface area contributed by atoms with Crippen LogP contribution < -0.4 is 10.6 Å². The van der Waals surface area contributed by atoms with E-state index in [1.54, 1.807) is 22.9 Å². The molecule has 2 aromatic carbocycles. The number of para-hydroxylation sites is 1. The SMILES string of the molecule is O=C(CNC(=O)c1ccco1)NCc1cn(-c2ccccc2)nc1-c1ccc(F)cc1. The number of furan rings is 1. The molecule has 0 aliphatic heterocycles. The first kappa shape index (κ1) is 20.1. The summed E-state index contributed by atoms with van der Waals surface area (Å²) in [4.78, 5) is 24.1. The zero-order valence-corrected chi connectivity index (χ0v) is 16.4. The number of amides is 2. The van der Waals surface area contributed by atoms with E-state index >= 15 is 0 Å². The third kappa shape index (κ3) is 4.87. The minimum Gasteiger partial charge on any atom is -0.459 e. The van der Waals surface area contributed by atoms with Crippen molar-refractivity contribution in [1.29, 1.82) is 0 Å². The number of halogens is 1. The van der Waals surface area contributed by atoms with Crippen LogP contribution in [0.4, 0.5) is 4.39 Å². The Bertz CT molecular complexity index is 1170. The Hall–Kier alpha value is -4.20. The molecule has 0 aliphatic carbocycles. The number of carbonyl (C=O) groups excluding carboxylic acids is 2. The quantitative estimate of drug-likeness (QED) is 0.482. The molecule has 2 heterocycles. The fraction of sp³-hybridized carbons (Fsp3) is 0.0870. The van der Waals surface area contributed by atoms with Crippen molar-refractivity contribution < 1.29 is 18.4 Å². The monoisotopic (exact) mass is 418 g/mol. The molecule has 0 saturated carbocycles. The molecule has 0 radical (unpaired) electrons. The third-order valence-electron chi connectivity index (χ3n) is 4.56. The molecule has 0 unspecified atom stereocenters. The van der Waals surface area contributed by atoms with Gasteiger partial charge < -0.3 is 15.1 Å². The number of carbonyl (C=O) groups is 2. The Morgan fingerprint density at radius 2 is 1.74 bits per heavy atom. The predicted molar refractivity (Wildman–Crippen MR) is 112 cm³/mol. The van der Waals surface area contributed by atoms with Crippen molar-refractivity contribution in [3.63, 3.8) is 0 Å². The Morgan fingerprint density at radius 3 is 2.45 bits per heavy atom. The number of rotatable bonds is 7. The fourth-order valence-corrected chi connectivity index (χ4v) is 3.01. The van der Waals surface area contributed by atoms with Gasteiger partial charge in [0.15, 0.2) is 5.76 Å². The van der Waals surface area contributed by atoms with Crippen molar-refractivity contribution in [2.75, 3.05) is 6.54 Å². The highest BCUT2D eigenvalue weighted by Crippen LogP contribution is 2.24. The number of nitrogens with one attached hydrogen (secondary N) is 2. The van der Waals surface area contributed by atoms with E-state index < -0.39 is 5.91 Å². The predicted octanol–water partition coefficient (Wildman–Crippen LogP) is 3.32. The summed E-state index contributed by atoms with van der Waals surface area (Å²) in [6.45, 7) is -0.00671. The van der Waals surface area contributed by atoms with E-state index in [4.69, 9.17) is 4.42 Å². The van der Waals surface area contributed by atoms with Crippen molar-refractivity contribution >= 4 is 11.8 Å². The Labute approximate surface area is 177 Å². The number of aromatic nitrogens is 2. The van der Waals surface area contributed by atoms with Gasteiger partial charge in [-0.1, -0.05) is 18.2 Å². The van der Waals surface area contributed by atoms with Crippen molar-refractivity contribution in [2.24, 2.45) is 0 Å². The molecule has 2 aromatic heterocycles. The second kappa shape index (κ2) is 9.08. The summed E-state index contributed by atoms with van der Waals surface area (Å²) in [6.07, 6.45) is 3.20. The normalized spacial score (nSPS) is 10.6. The molecule has 4 rings (SSSR count). The molecule has 2 N–H and O–H groups in total. The highest BCUT2D eigenvalue weighted by atomic mass is 19.1. The third-order valence-corrected chi connectivity index (χ3v) is 4.56. The first-order valence-corrected chi connectivity index (χ1v) is 9.58. The van der Waals surface area contributed by atoms with E-state index in [9.17, 15) is 14.0 Å². The van der Waals surface area contributed by atoms with Crippen LogP contribution >= 0.6 is 0 Å². The lowest BCUT2D eigenvalue weighted by Crippen LogP contribution is -2.36. The van der Waals surface area contributed by atoms with Crippen LogP contribution in [0.25, 0.3) is 16.9 Å². The molecule has 156 valence electrons. The van der Waals surface area contributed by atoms with Crippen LogP contribution in [0.1, 0.15) is 16.1 Å². The highest BCUT2D eigenvalue weighted by Gasteiger charge is 2.15. The molecule has 0 aliphatic rings. The fourth-order valence-electron chi connectivity index (χ4n) is 3.01. The molecule has 0 bridgehead atoms. The second-order valence-corrected chi connectivity index (χ2v) is 6.73. The maximum atomic E-state index is 13.4. The van der Waals surface area contributed by atoms with Gasteiger partial charge in [-0.05, 0) is 48.5 Å². The van der Waals surface area contributed by atoms with Crippen molar-refractivity contribution in [2.45, 2.75) is 6.54 Å². The standard InChI is InChI=1S/C23H19FN4O3/c24-18-10-8-16(9-11-18)22-17(15-28(27-22)19-5-2-1-3-6-19)13-25-21(29)14-26-23(30)20-7-4-12-31-20/h1-12,15H,13-14H2,(H,25,29)(H,26,30). The zero-order valence-electron chi connectivity index (χ0n) is 16.4. The summed E-state index contributed by atoms with van der Waals surface area (Å²) in [5.74, 6) is -1.04. The Morgan fingerprint density at radius 1 is 0.968 bits per heavy atom. The number of hydrogen-bond donors (Lipinski definition) is 2. The number of nitrogens with zero attached hydrogens (tertiary/aromatic N) is 2. The zero-order chi connectivity index (χ0) is 21.6. The van der Waals surface area contributed by atoms with Gasteiger partial charge in [0, 0.05) is 23.9 Å². The molecular weight excluding hydrogens is 399 g/mol. The Balaban J connectivity index is 1.48. The lowest BCUT2D eigenvalue weighted by Gasteiger charge is -2.06. The van der Waals surface area contributed by atoms with Crippen LogP contribution in [0.3, 0.4) is 0 Å². The van der Waals surface area contributed by atoms with Crippen molar-refractivity contribution in [3.8, 4) is 16.9 Å². The summed E-state index contributed by atoms with van der Waals surface area (Å²) in [5.41, 5.74) is 2.96. The molecule has 7 nitrogen and oxygen atoms in total. The molecule has 0 fully saturated rings. The molecule has 0 atom stereocenters. The first-order chi connectivity index (χ1) is 15.1. The molecular formula is C23H19FN4O3. The average molecular weight is 418 g/mol. The lowest BCUT2D eigenvalue weighted by molar-refractivity contribution is -0.120. The van der Waals surface area contributed by atoms with Crippen molar-refractivity contribution in [1.82, 2.24) is 20.4 Å². The highest BCUT2D eigenvalue weighted by molar-refractivity contribution is 5.94. The molecule has 0 spiro atoms. The first-order valence-electron chi connectivity index (χ1n) is 9.58. The van der Waals surface area contributed by atoms with Gasteiger partial charge >= 0.3 is 0 Å². The average Bonchev–Trinajstić information content (AvgIpc) is 3.48. The van der Waals surface area contributed by atoms with E-state index in [0.29, 0.717) is 5.69 Å². The van der Waals surface area contributed by atoms with E-state index in [1.165, 1.54) is 24.5 Å². The van der Waals surface area contributed by atoms with Gasteiger partial charge in [0.2, 0.25) is 5.91 Å². The lowest BCUT2D eigenvalue weighted by atomic mass is 10.1. The van der Waals surface area contributed by atoms with Gasteiger partial charge in [0.1, 0.15) is 5.82 Å². The summed E-state index contributed by atoms with van der Waals surface area (Å²) in [5, 5.41) is 9.90. The maximum Gasteiger partial charge on any atom is 0.287 e. The number of hydrogen-bond acceptors (Lipinski definition) is 4. The number of benzene rings is 2. The summed E-state index contributed by atoms with van der Waals surface area (Å²) >= 11 is 0. The molecule has 4 aromatic rings. The van der Waals surface area contributed by atoms with Crippen LogP contribution in [0.15, 0.2) is 83.6 Å². The van der Waals surface area contributed by atoms with E-state index in [2.05, 4.69) is 15.7 Å². The van der Waals surface area contributed by atoms with Gasteiger partial charge in [-0.2, -0.15) is 5.10 Å². The van der Waals surface area contributed by atoms with Crippen LogP contribution in [0.5, 0.6) is 0 Å². The maximum absolute atomic E-state index is 13.4. The van der Waals surface area contributed by atoms with Crippen LogP contribution in [0.2, 0.25) is 0 Å². The second-order valence-electron chi connectivity index (χ2n) is 6.73. The van der Waals surface area contributed by atoms with Crippen molar-refractivity contribution in [3.05, 3.63) is 96.3 Å². The summed E-state index contributed by atoms with van der Waals surface area (Å²) < 4.78 is 20.1. The van der Waals surface area contributed by atoms with Gasteiger partial charge in [0.25, 0.3) is 5.91 Å². The topological polar surface area (TPSA) is 89.2 Å². The molecule has 8 heteroatoms. The molecule has 0 saturated heterocycles. The minimum atomic E-state index is -0.468. The Kier molecular flexibility index (Phi) is 5.89. The minimum absolute atomic E-state index is 0.135. The van der Waals surface area contributed by atoms with E-state index in [0.717, 1.165) is 16.8 Å².